The molecule has 10 heteroatoms. The summed E-state index contributed by atoms with van der Waals surface area (Å²) >= 11 is 13.3. The molecule has 2 aromatic heterocycles. The molecule has 0 saturated heterocycles. The highest BCUT2D eigenvalue weighted by molar-refractivity contribution is 8.24. The van der Waals surface area contributed by atoms with E-state index in [0.29, 0.717) is 9.88 Å². The SMILES string of the molecule is Cc1ccc(C)c(C(C)S(O)(O)c2cccc(Cl)[n+]2O)c1.Cc1ccc(C)c(C(C)Sc2cccc(Cl)[n+]2O)c1. The molecule has 0 aliphatic rings. The summed E-state index contributed by atoms with van der Waals surface area (Å²) in [7, 11) is -3.26. The second-order valence-electron chi connectivity index (χ2n) is 9.71. The third-order valence-corrected chi connectivity index (χ3v) is 10.5. The fraction of sp³-hybridized carbons (Fsp3) is 0.267. The number of aryl methyl sites for hydroxylation is 4. The molecule has 0 fully saturated rings. The summed E-state index contributed by atoms with van der Waals surface area (Å²) in [5.74, 6) is 0. The van der Waals surface area contributed by atoms with Crippen LogP contribution in [0.5, 0.6) is 0 Å². The van der Waals surface area contributed by atoms with Crippen LogP contribution in [0.4, 0.5) is 0 Å². The molecule has 0 saturated carbocycles. The molecule has 4 N–H and O–H groups in total. The smallest absolute Gasteiger partial charge is 0.290 e. The number of hydrogen-bond donors (Lipinski definition) is 4. The monoisotopic (exact) mass is 622 g/mol. The molecule has 6 nitrogen and oxygen atoms in total. The standard InChI is InChI=1S/C15H18ClNO3S.C15H17ClNOS/c1-10-7-8-11(2)13(9-10)12(3)21(19,20)15-6-4-5-14(16)17(15)18;1-10-7-8-11(2)13(9-10)12(3)19-15-6-4-5-14(16)17(15)18/h4-9,12H,1-3H3,(H2-,18,19,20);4-9,12,18H,1-3H3/q;+1/p+1. The summed E-state index contributed by atoms with van der Waals surface area (Å²) in [6.07, 6.45) is 0. The number of nitrogens with zero attached hydrogens (tertiary/aromatic N) is 2. The minimum Gasteiger partial charge on any atom is -0.290 e. The van der Waals surface area contributed by atoms with Crippen molar-refractivity contribution in [2.45, 2.75) is 62.1 Å². The number of aromatic nitrogens is 2. The van der Waals surface area contributed by atoms with E-state index in [9.17, 15) is 19.5 Å². The third kappa shape index (κ3) is 7.43. The third-order valence-electron chi connectivity index (χ3n) is 6.61. The lowest BCUT2D eigenvalue weighted by atomic mass is 10.0. The van der Waals surface area contributed by atoms with E-state index in [2.05, 4.69) is 39.0 Å². The van der Waals surface area contributed by atoms with Gasteiger partial charge in [-0.15, -0.1) is 10.6 Å². The number of pyridine rings is 2. The highest BCUT2D eigenvalue weighted by atomic mass is 35.5. The summed E-state index contributed by atoms with van der Waals surface area (Å²) in [4.78, 5) is 0. The predicted molar refractivity (Wildman–Crippen MR) is 163 cm³/mol. The number of benzene rings is 2. The van der Waals surface area contributed by atoms with Crippen LogP contribution in [0.3, 0.4) is 0 Å². The van der Waals surface area contributed by atoms with Gasteiger partial charge in [0.2, 0.25) is 0 Å². The number of halogens is 2. The van der Waals surface area contributed by atoms with Crippen LogP contribution in [0.15, 0.2) is 82.8 Å². The van der Waals surface area contributed by atoms with Gasteiger partial charge in [0, 0.05) is 39.0 Å². The Balaban J connectivity index is 0.000000222. The first kappa shape index (κ1) is 32.1. The zero-order valence-corrected chi connectivity index (χ0v) is 26.5. The lowest BCUT2D eigenvalue weighted by molar-refractivity contribution is -0.931. The molecule has 2 heterocycles. The van der Waals surface area contributed by atoms with Gasteiger partial charge in [0.05, 0.1) is 5.25 Å². The summed E-state index contributed by atoms with van der Waals surface area (Å²) < 4.78 is 22.9. The van der Waals surface area contributed by atoms with Gasteiger partial charge in [-0.25, -0.2) is 0 Å². The molecule has 214 valence electrons. The number of rotatable bonds is 6. The van der Waals surface area contributed by atoms with E-state index >= 15 is 0 Å². The molecule has 0 radical (unpaired) electrons. The molecular formula is C30H36Cl2N2O4S2+2. The first-order valence-corrected chi connectivity index (χ1v) is 15.9. The predicted octanol–water partition coefficient (Wildman–Crippen LogP) is 8.69. The quantitative estimate of drug-likeness (QED) is 0.0747. The van der Waals surface area contributed by atoms with Gasteiger partial charge in [-0.05, 0) is 111 Å². The molecule has 0 amide bonds. The largest absolute Gasteiger partial charge is 0.346 e. The molecule has 4 rings (SSSR count). The average molecular weight is 624 g/mol. The van der Waals surface area contributed by atoms with Gasteiger partial charge in [-0.1, -0.05) is 47.5 Å². The van der Waals surface area contributed by atoms with Crippen LogP contribution >= 0.6 is 45.6 Å². The van der Waals surface area contributed by atoms with E-state index in [0.717, 1.165) is 26.4 Å². The van der Waals surface area contributed by atoms with Gasteiger partial charge in [0.1, 0.15) is 0 Å². The van der Waals surface area contributed by atoms with Crippen LogP contribution < -0.4 is 9.46 Å². The van der Waals surface area contributed by atoms with Crippen molar-refractivity contribution in [3.63, 3.8) is 0 Å². The zero-order valence-electron chi connectivity index (χ0n) is 23.3. The summed E-state index contributed by atoms with van der Waals surface area (Å²) in [5, 5.41) is 20.6. The van der Waals surface area contributed by atoms with Crippen molar-refractivity contribution in [3.8, 4) is 0 Å². The van der Waals surface area contributed by atoms with Crippen molar-refractivity contribution in [3.05, 3.63) is 116 Å². The van der Waals surface area contributed by atoms with E-state index in [4.69, 9.17) is 23.2 Å². The fourth-order valence-electron chi connectivity index (χ4n) is 4.23. The summed E-state index contributed by atoms with van der Waals surface area (Å²) in [5.41, 5.74) is 6.65. The summed E-state index contributed by atoms with van der Waals surface area (Å²) in [6, 6.07) is 22.2. The second-order valence-corrected chi connectivity index (χ2v) is 14.2. The Morgan fingerprint density at radius 3 is 1.80 bits per heavy atom. The van der Waals surface area contributed by atoms with Crippen molar-refractivity contribution in [1.82, 2.24) is 0 Å². The minimum absolute atomic E-state index is 0.00315. The number of hydrogen-bond acceptors (Lipinski definition) is 5. The Morgan fingerprint density at radius 2 is 1.20 bits per heavy atom. The zero-order chi connectivity index (χ0) is 29.8. The van der Waals surface area contributed by atoms with Crippen molar-refractivity contribution < 1.29 is 29.0 Å². The molecule has 2 unspecified atom stereocenters. The van der Waals surface area contributed by atoms with Crippen molar-refractivity contribution in [2.24, 2.45) is 0 Å². The minimum atomic E-state index is -3.26. The maximum atomic E-state index is 10.6. The van der Waals surface area contributed by atoms with Gasteiger partial charge in [-0.2, -0.15) is 0 Å². The lowest BCUT2D eigenvalue weighted by Gasteiger charge is -2.35. The molecular weight excluding hydrogens is 587 g/mol. The van der Waals surface area contributed by atoms with Crippen LogP contribution in [0.2, 0.25) is 10.3 Å². The maximum absolute atomic E-state index is 10.6. The van der Waals surface area contributed by atoms with Crippen LogP contribution in [0.25, 0.3) is 0 Å². The van der Waals surface area contributed by atoms with E-state index in [-0.39, 0.29) is 15.4 Å². The molecule has 0 aliphatic carbocycles. The van der Waals surface area contributed by atoms with Gasteiger partial charge >= 0.3 is 15.3 Å². The Hall–Kier alpha value is -2.46. The normalized spacial score (nSPS) is 13.2. The van der Waals surface area contributed by atoms with Crippen LogP contribution in [-0.4, -0.2) is 19.5 Å². The lowest BCUT2D eigenvalue weighted by Crippen LogP contribution is -2.37. The number of thioether (sulfide) groups is 1. The van der Waals surface area contributed by atoms with E-state index in [1.54, 1.807) is 30.8 Å². The van der Waals surface area contributed by atoms with Crippen molar-refractivity contribution >= 4 is 45.6 Å². The van der Waals surface area contributed by atoms with Gasteiger partial charge in [-0.3, -0.25) is 19.5 Å². The molecule has 0 spiro atoms. The Bertz CT molecular complexity index is 1500. The van der Waals surface area contributed by atoms with Crippen LogP contribution in [-0.2, 0) is 0 Å². The van der Waals surface area contributed by atoms with Crippen molar-refractivity contribution in [2.75, 3.05) is 0 Å². The van der Waals surface area contributed by atoms with Crippen LogP contribution in [0.1, 0.15) is 57.7 Å². The Morgan fingerprint density at radius 1 is 0.700 bits per heavy atom. The Labute approximate surface area is 252 Å². The van der Waals surface area contributed by atoms with E-state index in [1.807, 2.05) is 44.2 Å². The topological polar surface area (TPSA) is 88.7 Å². The molecule has 4 aromatic rings. The van der Waals surface area contributed by atoms with Crippen LogP contribution in [0, 0.1) is 27.7 Å². The Kier molecular flexibility index (Phi) is 10.8. The van der Waals surface area contributed by atoms with Gasteiger partial charge in [0.25, 0.3) is 5.03 Å². The highest BCUT2D eigenvalue weighted by Gasteiger charge is 2.36. The average Bonchev–Trinajstić information content (AvgIpc) is 2.91. The molecule has 40 heavy (non-hydrogen) atoms. The second kappa shape index (κ2) is 13.5. The highest BCUT2D eigenvalue weighted by Crippen LogP contribution is 2.59. The first-order valence-electron chi connectivity index (χ1n) is 12.6. The fourth-order valence-corrected chi connectivity index (χ4v) is 7.36. The molecule has 0 aliphatic heterocycles. The molecule has 2 atom stereocenters. The van der Waals surface area contributed by atoms with E-state index < -0.39 is 15.8 Å². The van der Waals surface area contributed by atoms with Crippen molar-refractivity contribution in [1.29, 1.82) is 0 Å². The van der Waals surface area contributed by atoms with Gasteiger partial charge in [0.15, 0.2) is 0 Å². The van der Waals surface area contributed by atoms with Gasteiger partial charge < -0.3 is 0 Å². The molecule has 2 aromatic carbocycles. The first-order chi connectivity index (χ1) is 18.7. The molecule has 0 bridgehead atoms. The summed E-state index contributed by atoms with van der Waals surface area (Å²) in [6.45, 7) is 11.9. The van der Waals surface area contributed by atoms with E-state index in [1.165, 1.54) is 28.8 Å². The maximum Gasteiger partial charge on any atom is 0.346 e.